The van der Waals surface area contributed by atoms with Crippen molar-refractivity contribution >= 4 is 0 Å². The lowest BCUT2D eigenvalue weighted by atomic mass is 9.79. The summed E-state index contributed by atoms with van der Waals surface area (Å²) in [7, 11) is 3.45. The molecule has 2 aromatic carbocycles. The van der Waals surface area contributed by atoms with Crippen molar-refractivity contribution in [3.63, 3.8) is 0 Å². The molecule has 0 heterocycles. The van der Waals surface area contributed by atoms with E-state index in [9.17, 15) is 0 Å². The quantitative estimate of drug-likeness (QED) is 0.701. The van der Waals surface area contributed by atoms with Gasteiger partial charge in [0.25, 0.3) is 0 Å². The summed E-state index contributed by atoms with van der Waals surface area (Å²) in [6.07, 6.45) is 1.14. The molecule has 0 aliphatic heterocycles. The van der Waals surface area contributed by atoms with Gasteiger partial charge in [-0.15, -0.1) is 0 Å². The number of hydrogen-bond donors (Lipinski definition) is 0. The van der Waals surface area contributed by atoms with Crippen LogP contribution in [0.1, 0.15) is 48.4 Å². The van der Waals surface area contributed by atoms with Crippen molar-refractivity contribution in [3.05, 3.63) is 58.7 Å². The van der Waals surface area contributed by atoms with E-state index in [0.29, 0.717) is 11.8 Å². The highest BCUT2D eigenvalue weighted by Gasteiger charge is 2.21. The minimum atomic E-state index is 0.384. The lowest BCUT2D eigenvalue weighted by Crippen LogP contribution is -2.11. The molecule has 0 N–H and O–H groups in total. The predicted molar refractivity (Wildman–Crippen MR) is 96.8 cm³/mol. The zero-order chi connectivity index (χ0) is 17.0. The van der Waals surface area contributed by atoms with E-state index >= 15 is 0 Å². The molecule has 2 rings (SSSR count). The molecule has 0 aromatic heterocycles. The van der Waals surface area contributed by atoms with Gasteiger partial charge in [0.1, 0.15) is 11.5 Å². The second-order valence-corrected chi connectivity index (χ2v) is 6.32. The van der Waals surface area contributed by atoms with Crippen LogP contribution in [-0.2, 0) is 0 Å². The van der Waals surface area contributed by atoms with E-state index in [1.54, 1.807) is 14.2 Å². The fraction of sp³-hybridized carbons (Fsp3) is 0.429. The Morgan fingerprint density at radius 1 is 0.826 bits per heavy atom. The smallest absolute Gasteiger partial charge is 0.121 e. The van der Waals surface area contributed by atoms with Crippen molar-refractivity contribution in [2.45, 2.75) is 40.0 Å². The van der Waals surface area contributed by atoms with Crippen LogP contribution < -0.4 is 9.47 Å². The molecular weight excluding hydrogens is 284 g/mol. The third-order valence-electron chi connectivity index (χ3n) is 4.77. The number of aryl methyl sites for hydroxylation is 2. The van der Waals surface area contributed by atoms with Crippen molar-refractivity contribution in [1.29, 1.82) is 0 Å². The lowest BCUT2D eigenvalue weighted by Gasteiger charge is -2.25. The first-order valence-electron chi connectivity index (χ1n) is 8.30. The number of ether oxygens (including phenoxy) is 2. The number of methoxy groups -OCH3 is 2. The third-order valence-corrected chi connectivity index (χ3v) is 4.77. The highest BCUT2D eigenvalue weighted by atomic mass is 16.5. The van der Waals surface area contributed by atoms with Gasteiger partial charge >= 0.3 is 0 Å². The Hall–Kier alpha value is -1.96. The van der Waals surface area contributed by atoms with Gasteiger partial charge < -0.3 is 9.47 Å². The summed E-state index contributed by atoms with van der Waals surface area (Å²) >= 11 is 0. The summed E-state index contributed by atoms with van der Waals surface area (Å²) in [5.74, 6) is 2.84. The van der Waals surface area contributed by atoms with Crippen LogP contribution in [0.25, 0.3) is 0 Å². The van der Waals surface area contributed by atoms with Crippen LogP contribution in [0, 0.1) is 19.8 Å². The van der Waals surface area contributed by atoms with Gasteiger partial charge in [0.15, 0.2) is 0 Å². The minimum absolute atomic E-state index is 0.384. The monoisotopic (exact) mass is 312 g/mol. The lowest BCUT2D eigenvalue weighted by molar-refractivity contribution is 0.410. The van der Waals surface area contributed by atoms with Crippen LogP contribution in [-0.4, -0.2) is 14.2 Å². The molecule has 23 heavy (non-hydrogen) atoms. The summed E-state index contributed by atoms with van der Waals surface area (Å²) in [6, 6.07) is 13.1. The molecule has 0 spiro atoms. The fourth-order valence-corrected chi connectivity index (χ4v) is 3.28. The van der Waals surface area contributed by atoms with E-state index in [1.807, 2.05) is 0 Å². The molecule has 0 fully saturated rings. The average molecular weight is 312 g/mol. The second kappa shape index (κ2) is 7.54. The third kappa shape index (κ3) is 3.69. The molecule has 1 unspecified atom stereocenters. The predicted octanol–water partition coefficient (Wildman–Crippen LogP) is 5.50. The molecule has 2 nitrogen and oxygen atoms in total. The van der Waals surface area contributed by atoms with Gasteiger partial charge in [-0.3, -0.25) is 0 Å². The first-order valence-corrected chi connectivity index (χ1v) is 8.30. The maximum Gasteiger partial charge on any atom is 0.121 e. The molecule has 0 amide bonds. The number of rotatable bonds is 6. The number of benzene rings is 2. The van der Waals surface area contributed by atoms with E-state index in [0.717, 1.165) is 17.9 Å². The van der Waals surface area contributed by atoms with Crippen molar-refractivity contribution < 1.29 is 9.47 Å². The normalized spacial score (nSPS) is 12.3. The van der Waals surface area contributed by atoms with Gasteiger partial charge in [0.2, 0.25) is 0 Å². The average Bonchev–Trinajstić information content (AvgIpc) is 2.55. The van der Waals surface area contributed by atoms with Crippen LogP contribution in [0.4, 0.5) is 0 Å². The molecule has 0 aliphatic rings. The molecule has 1 atom stereocenters. The van der Waals surface area contributed by atoms with Crippen LogP contribution in [0.2, 0.25) is 0 Å². The van der Waals surface area contributed by atoms with E-state index in [1.165, 1.54) is 22.3 Å². The Morgan fingerprint density at radius 2 is 1.26 bits per heavy atom. The molecule has 2 heteroatoms. The summed E-state index contributed by atoms with van der Waals surface area (Å²) in [5, 5.41) is 0. The fourth-order valence-electron chi connectivity index (χ4n) is 3.28. The van der Waals surface area contributed by atoms with Crippen molar-refractivity contribution in [2.24, 2.45) is 5.92 Å². The van der Waals surface area contributed by atoms with Gasteiger partial charge in [0, 0.05) is 5.92 Å². The summed E-state index contributed by atoms with van der Waals surface area (Å²) in [4.78, 5) is 0. The summed E-state index contributed by atoms with van der Waals surface area (Å²) in [5.41, 5.74) is 5.07. The Labute approximate surface area is 140 Å². The molecule has 0 saturated carbocycles. The van der Waals surface area contributed by atoms with Gasteiger partial charge in [-0.2, -0.15) is 0 Å². The van der Waals surface area contributed by atoms with Crippen LogP contribution in [0.15, 0.2) is 36.4 Å². The Kier molecular flexibility index (Phi) is 5.70. The van der Waals surface area contributed by atoms with Crippen molar-refractivity contribution in [2.75, 3.05) is 14.2 Å². The van der Waals surface area contributed by atoms with Crippen molar-refractivity contribution in [1.82, 2.24) is 0 Å². The molecule has 0 aliphatic carbocycles. The molecule has 0 radical (unpaired) electrons. The number of hydrogen-bond acceptors (Lipinski definition) is 2. The molecule has 2 aromatic rings. The Morgan fingerprint density at radius 3 is 1.57 bits per heavy atom. The standard InChI is InChI=1S/C21H28O2/c1-7-14(2)21(17-8-10-19(22-5)15(3)12-17)18-9-11-20(23-6)16(4)13-18/h8-14,21H,7H2,1-6H3. The Balaban J connectivity index is 2.49. The Bertz CT molecular complexity index is 607. The molecule has 0 saturated heterocycles. The highest BCUT2D eigenvalue weighted by molar-refractivity contribution is 5.44. The van der Waals surface area contributed by atoms with Crippen LogP contribution in [0.5, 0.6) is 11.5 Å². The van der Waals surface area contributed by atoms with Crippen LogP contribution >= 0.6 is 0 Å². The topological polar surface area (TPSA) is 18.5 Å². The zero-order valence-corrected chi connectivity index (χ0v) is 15.1. The summed E-state index contributed by atoms with van der Waals surface area (Å²) < 4.78 is 10.8. The first-order chi connectivity index (χ1) is 11.0. The van der Waals surface area contributed by atoms with Gasteiger partial charge in [0.05, 0.1) is 14.2 Å². The molecule has 0 bridgehead atoms. The molecule has 124 valence electrons. The van der Waals surface area contributed by atoms with Gasteiger partial charge in [-0.25, -0.2) is 0 Å². The van der Waals surface area contributed by atoms with E-state index in [4.69, 9.17) is 9.47 Å². The largest absolute Gasteiger partial charge is 0.496 e. The highest BCUT2D eigenvalue weighted by Crippen LogP contribution is 2.37. The SMILES string of the molecule is CCC(C)C(c1ccc(OC)c(C)c1)c1ccc(OC)c(C)c1. The molecular formula is C21H28O2. The van der Waals surface area contributed by atoms with Crippen molar-refractivity contribution in [3.8, 4) is 11.5 Å². The summed E-state index contributed by atoms with van der Waals surface area (Å²) in [6.45, 7) is 8.79. The van der Waals surface area contributed by atoms with E-state index < -0.39 is 0 Å². The van der Waals surface area contributed by atoms with Gasteiger partial charge in [-0.05, 0) is 54.2 Å². The van der Waals surface area contributed by atoms with Crippen LogP contribution in [0.3, 0.4) is 0 Å². The van der Waals surface area contributed by atoms with E-state index in [-0.39, 0.29) is 0 Å². The maximum atomic E-state index is 5.41. The zero-order valence-electron chi connectivity index (χ0n) is 15.1. The second-order valence-electron chi connectivity index (χ2n) is 6.32. The maximum absolute atomic E-state index is 5.41. The first kappa shape index (κ1) is 17.4. The van der Waals surface area contributed by atoms with E-state index in [2.05, 4.69) is 64.1 Å². The van der Waals surface area contributed by atoms with Gasteiger partial charge in [-0.1, -0.05) is 44.5 Å². The minimum Gasteiger partial charge on any atom is -0.496 e.